The van der Waals surface area contributed by atoms with E-state index in [1.807, 2.05) is 10.7 Å². The molecule has 0 aromatic carbocycles. The zero-order chi connectivity index (χ0) is 17.8. The van der Waals surface area contributed by atoms with Gasteiger partial charge in [0.05, 0.1) is 6.42 Å². The van der Waals surface area contributed by atoms with Crippen LogP contribution in [0.1, 0.15) is 25.7 Å². The van der Waals surface area contributed by atoms with E-state index in [1.54, 1.807) is 0 Å². The van der Waals surface area contributed by atoms with E-state index in [0.717, 1.165) is 0 Å². The number of carboxylic acids is 1. The van der Waals surface area contributed by atoms with E-state index < -0.39 is 36.3 Å². The number of primary amides is 1. The van der Waals surface area contributed by atoms with E-state index in [1.165, 1.54) is 0 Å². The lowest BCUT2D eigenvalue weighted by Crippen LogP contribution is -2.54. The molecule has 0 heterocycles. The Morgan fingerprint density at radius 1 is 1.13 bits per heavy atom. The van der Waals surface area contributed by atoms with Crippen LogP contribution in [-0.4, -0.2) is 47.5 Å². The molecule has 0 rings (SSSR count). The molecule has 12 heteroatoms. The van der Waals surface area contributed by atoms with Crippen molar-refractivity contribution in [1.82, 2.24) is 21.5 Å². The molecule has 0 radical (unpaired) electrons. The molecule has 0 saturated heterocycles. The Bertz CT molecular complexity index is 468. The summed E-state index contributed by atoms with van der Waals surface area (Å²) in [5.74, 6) is -2.96. The Morgan fingerprint density at radius 2 is 1.78 bits per heavy atom. The van der Waals surface area contributed by atoms with Crippen molar-refractivity contribution in [2.75, 3.05) is 6.54 Å². The number of hydrogen-bond donors (Lipinski definition) is 8. The molecule has 0 saturated carbocycles. The van der Waals surface area contributed by atoms with Crippen LogP contribution in [0.25, 0.3) is 0 Å². The van der Waals surface area contributed by atoms with Crippen molar-refractivity contribution in [3.63, 3.8) is 0 Å². The van der Waals surface area contributed by atoms with Gasteiger partial charge in [-0.25, -0.2) is 10.2 Å². The monoisotopic (exact) mass is 331 g/mol. The highest BCUT2D eigenvalue weighted by Crippen LogP contribution is 1.94. The number of rotatable bonds is 10. The number of unbranched alkanes of at least 4 members (excludes halogenated alkanes) is 1. The van der Waals surface area contributed by atoms with Crippen molar-refractivity contribution in [3.8, 4) is 0 Å². The summed E-state index contributed by atoms with van der Waals surface area (Å²) in [6.07, 6.45) is 0.499. The number of carbonyl (C=O) groups is 4. The molecule has 4 amide bonds. The number of urea groups is 1. The summed E-state index contributed by atoms with van der Waals surface area (Å²) in [6.45, 7) is 0.436. The van der Waals surface area contributed by atoms with Crippen molar-refractivity contribution in [2.24, 2.45) is 11.5 Å². The van der Waals surface area contributed by atoms with E-state index in [2.05, 4.69) is 10.7 Å². The fourth-order valence-electron chi connectivity index (χ4n) is 1.40. The summed E-state index contributed by atoms with van der Waals surface area (Å²) < 4.78 is 0. The van der Waals surface area contributed by atoms with Gasteiger partial charge in [-0.1, -0.05) is 0 Å². The first-order valence-corrected chi connectivity index (χ1v) is 6.66. The van der Waals surface area contributed by atoms with Crippen LogP contribution in [0.15, 0.2) is 0 Å². The highest BCUT2D eigenvalue weighted by molar-refractivity contribution is 5.94. The number of guanidine groups is 1. The van der Waals surface area contributed by atoms with Crippen LogP contribution >= 0.6 is 0 Å². The maximum absolute atomic E-state index is 11.4. The molecule has 0 aromatic rings. The van der Waals surface area contributed by atoms with Crippen molar-refractivity contribution in [2.45, 2.75) is 31.7 Å². The van der Waals surface area contributed by atoms with Gasteiger partial charge in [-0.2, -0.15) is 0 Å². The minimum Gasteiger partial charge on any atom is -0.481 e. The molecule has 23 heavy (non-hydrogen) atoms. The van der Waals surface area contributed by atoms with Gasteiger partial charge in [0.2, 0.25) is 11.8 Å². The van der Waals surface area contributed by atoms with Crippen LogP contribution in [0.5, 0.6) is 0 Å². The van der Waals surface area contributed by atoms with Gasteiger partial charge in [-0.05, 0) is 12.8 Å². The molecule has 0 aliphatic rings. The molecule has 0 spiro atoms. The minimum atomic E-state index is -1.30. The Morgan fingerprint density at radius 3 is 2.30 bits per heavy atom. The third-order valence-electron chi connectivity index (χ3n) is 2.48. The lowest BCUT2D eigenvalue weighted by atomic mass is 10.2. The molecule has 0 fully saturated rings. The zero-order valence-corrected chi connectivity index (χ0v) is 12.3. The normalized spacial score (nSPS) is 11.1. The summed E-state index contributed by atoms with van der Waals surface area (Å²) in [4.78, 5) is 44.3. The quantitative estimate of drug-likeness (QED) is 0.0910. The molecule has 1 atom stereocenters. The number of hydrazine groups is 1. The number of amides is 4. The van der Waals surface area contributed by atoms with Crippen LogP contribution in [-0.2, 0) is 14.4 Å². The highest BCUT2D eigenvalue weighted by atomic mass is 16.4. The topological polar surface area (TPSA) is 213 Å². The molecule has 0 bridgehead atoms. The number of nitrogens with one attached hydrogen (secondary N) is 5. The largest absolute Gasteiger partial charge is 0.481 e. The van der Waals surface area contributed by atoms with Crippen molar-refractivity contribution in [3.05, 3.63) is 0 Å². The summed E-state index contributed by atoms with van der Waals surface area (Å²) in [5.41, 5.74) is 14.1. The predicted octanol–water partition coefficient (Wildman–Crippen LogP) is -2.70. The number of aliphatic carboxylic acids is 1. The summed E-state index contributed by atoms with van der Waals surface area (Å²) in [6, 6.07) is -2.24. The first-order valence-electron chi connectivity index (χ1n) is 6.66. The van der Waals surface area contributed by atoms with E-state index in [0.29, 0.717) is 19.4 Å². The second kappa shape index (κ2) is 10.8. The van der Waals surface area contributed by atoms with Crippen LogP contribution < -0.4 is 33.0 Å². The number of carbonyl (C=O) groups excluding carboxylic acids is 3. The molecular weight excluding hydrogens is 310 g/mol. The summed E-state index contributed by atoms with van der Waals surface area (Å²) >= 11 is 0. The second-order valence-corrected chi connectivity index (χ2v) is 4.50. The molecule has 12 nitrogen and oxygen atoms in total. The van der Waals surface area contributed by atoms with Crippen LogP contribution in [0.4, 0.5) is 4.79 Å². The first-order chi connectivity index (χ1) is 10.7. The SMILES string of the molecule is N=C(N)NCCCCC(=O)NC(=O)NN[C@@H](CC(=O)O)C(N)=O. The van der Waals surface area contributed by atoms with E-state index in [9.17, 15) is 19.2 Å². The highest BCUT2D eigenvalue weighted by Gasteiger charge is 2.19. The van der Waals surface area contributed by atoms with Gasteiger partial charge in [0.1, 0.15) is 6.04 Å². The van der Waals surface area contributed by atoms with Gasteiger partial charge < -0.3 is 21.9 Å². The number of imide groups is 1. The van der Waals surface area contributed by atoms with Crippen LogP contribution in [0.3, 0.4) is 0 Å². The molecule has 10 N–H and O–H groups in total. The third kappa shape index (κ3) is 11.4. The van der Waals surface area contributed by atoms with Gasteiger partial charge in [-0.3, -0.25) is 30.5 Å². The Labute approximate surface area is 131 Å². The zero-order valence-electron chi connectivity index (χ0n) is 12.3. The average Bonchev–Trinajstić information content (AvgIpc) is 2.41. The minimum absolute atomic E-state index is 0.0708. The fourth-order valence-corrected chi connectivity index (χ4v) is 1.40. The van der Waals surface area contributed by atoms with Crippen LogP contribution in [0, 0.1) is 5.41 Å². The van der Waals surface area contributed by atoms with Gasteiger partial charge >= 0.3 is 12.0 Å². The Hall–Kier alpha value is -2.89. The molecule has 0 aliphatic heterocycles. The predicted molar refractivity (Wildman–Crippen MR) is 78.8 cm³/mol. The molecule has 0 aliphatic carbocycles. The molecular formula is C11H21N7O5. The summed E-state index contributed by atoms with van der Waals surface area (Å²) in [7, 11) is 0. The van der Waals surface area contributed by atoms with Gasteiger partial charge in [0.25, 0.3) is 0 Å². The van der Waals surface area contributed by atoms with Gasteiger partial charge in [-0.15, -0.1) is 0 Å². The summed E-state index contributed by atoms with van der Waals surface area (Å²) in [5, 5.41) is 20.0. The second-order valence-electron chi connectivity index (χ2n) is 4.50. The van der Waals surface area contributed by atoms with E-state index in [-0.39, 0.29) is 12.4 Å². The Kier molecular flexibility index (Phi) is 9.43. The lowest BCUT2D eigenvalue weighted by Gasteiger charge is -2.14. The maximum atomic E-state index is 11.4. The van der Waals surface area contributed by atoms with Crippen molar-refractivity contribution in [1.29, 1.82) is 5.41 Å². The van der Waals surface area contributed by atoms with Crippen molar-refractivity contribution < 1.29 is 24.3 Å². The van der Waals surface area contributed by atoms with E-state index >= 15 is 0 Å². The number of carboxylic acid groups (broad SMARTS) is 1. The third-order valence-corrected chi connectivity index (χ3v) is 2.48. The van der Waals surface area contributed by atoms with Gasteiger partial charge in [0, 0.05) is 13.0 Å². The maximum Gasteiger partial charge on any atom is 0.335 e. The van der Waals surface area contributed by atoms with Crippen molar-refractivity contribution >= 4 is 29.8 Å². The molecule has 0 unspecified atom stereocenters. The number of hydrogen-bond acceptors (Lipinski definition) is 6. The fraction of sp³-hybridized carbons (Fsp3) is 0.545. The lowest BCUT2D eigenvalue weighted by molar-refractivity contribution is -0.139. The molecule has 130 valence electrons. The Balaban J connectivity index is 3.95. The molecule has 0 aromatic heterocycles. The number of nitrogens with two attached hydrogens (primary N) is 2. The smallest absolute Gasteiger partial charge is 0.335 e. The standard InChI is InChI=1S/C11H21N7O5/c12-9(22)6(5-8(20)21)17-18-11(23)16-7(19)3-1-2-4-15-10(13)14/h6,17H,1-5H2,(H2,12,22)(H,20,21)(H4,13,14,15)(H2,16,18,19,23)/t6-/m0/s1. The average molecular weight is 331 g/mol. The van der Waals surface area contributed by atoms with E-state index in [4.69, 9.17) is 22.0 Å². The van der Waals surface area contributed by atoms with Gasteiger partial charge in [0.15, 0.2) is 5.96 Å². The first kappa shape index (κ1) is 20.1. The van der Waals surface area contributed by atoms with Crippen LogP contribution in [0.2, 0.25) is 0 Å².